The van der Waals surface area contributed by atoms with Crippen molar-refractivity contribution in [3.8, 4) is 5.75 Å². The zero-order valence-electron chi connectivity index (χ0n) is 16.9. The topological polar surface area (TPSA) is 100 Å². The minimum atomic E-state index is -2.93. The summed E-state index contributed by atoms with van der Waals surface area (Å²) >= 11 is 0. The van der Waals surface area contributed by atoms with Crippen molar-refractivity contribution in [1.29, 1.82) is 0 Å². The summed E-state index contributed by atoms with van der Waals surface area (Å²) in [6, 6.07) is 14.1. The molecule has 10 heteroatoms. The van der Waals surface area contributed by atoms with Crippen molar-refractivity contribution in [3.63, 3.8) is 0 Å². The van der Waals surface area contributed by atoms with E-state index in [1.807, 2.05) is 19.9 Å². The van der Waals surface area contributed by atoms with Crippen LogP contribution in [0.5, 0.6) is 5.75 Å². The number of rotatable bonds is 8. The lowest BCUT2D eigenvalue weighted by Gasteiger charge is -2.11. The summed E-state index contributed by atoms with van der Waals surface area (Å²) in [6.07, 6.45) is 0. The van der Waals surface area contributed by atoms with Gasteiger partial charge in [0.25, 0.3) is 0 Å². The molecule has 0 aliphatic heterocycles. The van der Waals surface area contributed by atoms with Crippen LogP contribution in [-0.2, 0) is 0 Å². The quantitative estimate of drug-likeness (QED) is 0.393. The Balaban J connectivity index is 1.59. The predicted molar refractivity (Wildman–Crippen MR) is 116 cm³/mol. The lowest BCUT2D eigenvalue weighted by atomic mass is 10.2. The van der Waals surface area contributed by atoms with Gasteiger partial charge in [0.1, 0.15) is 23.2 Å². The number of hydrogen-bond donors (Lipinski definition) is 4. The minimum absolute atomic E-state index is 0.0412. The van der Waals surface area contributed by atoms with Crippen LogP contribution in [0.3, 0.4) is 0 Å². The maximum atomic E-state index is 12.3. The minimum Gasteiger partial charge on any atom is -0.435 e. The Hall–Kier alpha value is -3.95. The first-order valence-electron chi connectivity index (χ1n) is 9.51. The van der Waals surface area contributed by atoms with E-state index < -0.39 is 12.6 Å². The first-order valence-corrected chi connectivity index (χ1v) is 9.51. The van der Waals surface area contributed by atoms with E-state index in [1.165, 1.54) is 18.2 Å². The molecule has 3 rings (SSSR count). The number of aryl methyl sites for hydroxylation is 1. The molecule has 1 aromatic heterocycles. The summed E-state index contributed by atoms with van der Waals surface area (Å²) in [7, 11) is 0. The predicted octanol–water partition coefficient (Wildman–Crippen LogP) is 5.21. The molecule has 0 aliphatic rings. The summed E-state index contributed by atoms with van der Waals surface area (Å²) in [4.78, 5) is 20.8. The molecule has 0 saturated heterocycles. The molecule has 31 heavy (non-hydrogen) atoms. The Labute approximate surface area is 178 Å². The molecule has 3 aromatic rings. The maximum Gasteiger partial charge on any atom is 0.387 e. The largest absolute Gasteiger partial charge is 0.435 e. The highest BCUT2D eigenvalue weighted by atomic mass is 19.3. The molecular weight excluding hydrogens is 406 g/mol. The molecular formula is C21H22F2N6O2. The van der Waals surface area contributed by atoms with Gasteiger partial charge in [0, 0.05) is 35.7 Å². The highest BCUT2D eigenvalue weighted by molar-refractivity contribution is 5.99. The number of benzene rings is 2. The van der Waals surface area contributed by atoms with Crippen molar-refractivity contribution in [3.05, 3.63) is 60.4 Å². The molecule has 0 fully saturated rings. The number of nitrogens with zero attached hydrogens (tertiary/aromatic N) is 2. The van der Waals surface area contributed by atoms with Crippen LogP contribution in [0.2, 0.25) is 0 Å². The number of hydrogen-bond acceptors (Lipinski definition) is 6. The van der Waals surface area contributed by atoms with Crippen LogP contribution in [0.4, 0.5) is 42.3 Å². The number of amides is 2. The van der Waals surface area contributed by atoms with E-state index in [-0.39, 0.29) is 5.75 Å². The van der Waals surface area contributed by atoms with Crippen LogP contribution in [-0.4, -0.2) is 29.2 Å². The third-order valence-electron chi connectivity index (χ3n) is 3.93. The average Bonchev–Trinajstić information content (AvgIpc) is 2.69. The smallest absolute Gasteiger partial charge is 0.387 e. The SMILES string of the molecule is CCNc1cc(Nc2ccc(NC(=O)Nc3cccc(OC(F)F)c3)cc2)nc(C)n1. The first kappa shape index (κ1) is 21.8. The molecule has 0 aliphatic carbocycles. The van der Waals surface area contributed by atoms with Gasteiger partial charge in [-0.05, 0) is 50.2 Å². The van der Waals surface area contributed by atoms with E-state index in [1.54, 1.807) is 30.3 Å². The van der Waals surface area contributed by atoms with Gasteiger partial charge in [-0.3, -0.25) is 0 Å². The van der Waals surface area contributed by atoms with E-state index in [4.69, 9.17) is 0 Å². The molecule has 0 radical (unpaired) electrons. The summed E-state index contributed by atoms with van der Waals surface area (Å²) in [6.45, 7) is 1.62. The second-order valence-electron chi connectivity index (χ2n) is 6.40. The number of nitrogens with one attached hydrogen (secondary N) is 4. The van der Waals surface area contributed by atoms with E-state index in [0.29, 0.717) is 23.0 Å². The Morgan fingerprint density at radius 1 is 0.968 bits per heavy atom. The standard InChI is InChI=1S/C21H22F2N6O2/c1-3-24-18-12-19(26-13(2)25-18)27-14-7-9-15(10-8-14)28-21(30)29-16-5-4-6-17(11-16)31-20(22)23/h4-12,20H,3H2,1-2H3,(H2,28,29,30)(H2,24,25,26,27). The van der Waals surface area contributed by atoms with Gasteiger partial charge in [0.2, 0.25) is 0 Å². The number of ether oxygens (including phenoxy) is 1. The molecule has 162 valence electrons. The number of halogens is 2. The van der Waals surface area contributed by atoms with Gasteiger partial charge in [-0.25, -0.2) is 14.8 Å². The molecule has 0 unspecified atom stereocenters. The van der Waals surface area contributed by atoms with Gasteiger partial charge >= 0.3 is 12.6 Å². The zero-order valence-corrected chi connectivity index (χ0v) is 16.9. The number of alkyl halides is 2. The van der Waals surface area contributed by atoms with Crippen LogP contribution in [0.1, 0.15) is 12.7 Å². The van der Waals surface area contributed by atoms with Crippen molar-refractivity contribution in [2.45, 2.75) is 20.5 Å². The Bertz CT molecular complexity index is 1030. The first-order chi connectivity index (χ1) is 14.9. The molecule has 0 atom stereocenters. The van der Waals surface area contributed by atoms with Crippen LogP contribution in [0, 0.1) is 6.92 Å². The third-order valence-corrected chi connectivity index (χ3v) is 3.93. The second kappa shape index (κ2) is 10.2. The molecule has 1 heterocycles. The summed E-state index contributed by atoms with van der Waals surface area (Å²) in [5.41, 5.74) is 1.66. The van der Waals surface area contributed by atoms with Crippen molar-refractivity contribution < 1.29 is 18.3 Å². The fraction of sp³-hybridized carbons (Fsp3) is 0.190. The Morgan fingerprint density at radius 2 is 1.65 bits per heavy atom. The normalized spacial score (nSPS) is 10.5. The number of anilines is 5. The van der Waals surface area contributed by atoms with Crippen molar-refractivity contribution in [1.82, 2.24) is 9.97 Å². The number of aromatic nitrogens is 2. The van der Waals surface area contributed by atoms with E-state index in [0.717, 1.165) is 18.1 Å². The van der Waals surface area contributed by atoms with Crippen molar-refractivity contribution >= 4 is 34.7 Å². The fourth-order valence-electron chi connectivity index (χ4n) is 2.73. The van der Waals surface area contributed by atoms with Gasteiger partial charge in [0.05, 0.1) is 0 Å². The number of carbonyl (C=O) groups is 1. The highest BCUT2D eigenvalue weighted by Gasteiger charge is 2.08. The van der Waals surface area contributed by atoms with Gasteiger partial charge in [-0.1, -0.05) is 6.07 Å². The van der Waals surface area contributed by atoms with Gasteiger partial charge in [-0.15, -0.1) is 0 Å². The molecule has 0 spiro atoms. The van der Waals surface area contributed by atoms with Crippen molar-refractivity contribution in [2.75, 3.05) is 27.8 Å². The number of urea groups is 1. The van der Waals surface area contributed by atoms with Crippen LogP contribution in [0.15, 0.2) is 54.6 Å². The second-order valence-corrected chi connectivity index (χ2v) is 6.40. The van der Waals surface area contributed by atoms with E-state index in [9.17, 15) is 13.6 Å². The van der Waals surface area contributed by atoms with Gasteiger partial charge in [0.15, 0.2) is 0 Å². The molecule has 0 bridgehead atoms. The molecule has 0 saturated carbocycles. The average molecular weight is 428 g/mol. The third kappa shape index (κ3) is 6.81. The summed E-state index contributed by atoms with van der Waals surface area (Å²) in [5, 5.41) is 11.6. The maximum absolute atomic E-state index is 12.3. The Kier molecular flexibility index (Phi) is 7.15. The van der Waals surface area contributed by atoms with E-state index >= 15 is 0 Å². The van der Waals surface area contributed by atoms with Crippen molar-refractivity contribution in [2.24, 2.45) is 0 Å². The van der Waals surface area contributed by atoms with Crippen LogP contribution >= 0.6 is 0 Å². The van der Waals surface area contributed by atoms with Crippen LogP contribution in [0.25, 0.3) is 0 Å². The monoisotopic (exact) mass is 428 g/mol. The lowest BCUT2D eigenvalue weighted by Crippen LogP contribution is -2.19. The molecule has 4 N–H and O–H groups in total. The van der Waals surface area contributed by atoms with E-state index in [2.05, 4.69) is 36.0 Å². The van der Waals surface area contributed by atoms with Gasteiger partial charge in [-0.2, -0.15) is 8.78 Å². The summed E-state index contributed by atoms with van der Waals surface area (Å²) in [5.74, 6) is 1.97. The van der Waals surface area contributed by atoms with Crippen LogP contribution < -0.4 is 26.0 Å². The fourth-order valence-corrected chi connectivity index (χ4v) is 2.73. The molecule has 2 amide bonds. The molecule has 8 nitrogen and oxygen atoms in total. The number of carbonyl (C=O) groups excluding carboxylic acids is 1. The summed E-state index contributed by atoms with van der Waals surface area (Å²) < 4.78 is 28.9. The zero-order chi connectivity index (χ0) is 22.2. The Morgan fingerprint density at radius 3 is 2.35 bits per heavy atom. The van der Waals surface area contributed by atoms with Gasteiger partial charge < -0.3 is 26.0 Å². The molecule has 2 aromatic carbocycles. The lowest BCUT2D eigenvalue weighted by molar-refractivity contribution is -0.0497. The highest BCUT2D eigenvalue weighted by Crippen LogP contribution is 2.21.